The van der Waals surface area contributed by atoms with Crippen molar-refractivity contribution in [3.63, 3.8) is 0 Å². The van der Waals surface area contributed by atoms with E-state index in [4.69, 9.17) is 0 Å². The molecule has 2 fully saturated rings. The van der Waals surface area contributed by atoms with Crippen molar-refractivity contribution < 1.29 is 0 Å². The maximum absolute atomic E-state index is 3.81. The summed E-state index contributed by atoms with van der Waals surface area (Å²) >= 11 is 0. The molecular weight excluding hydrogens is 256 g/mol. The largest absolute Gasteiger partial charge is 0.313 e. The van der Waals surface area contributed by atoms with Crippen molar-refractivity contribution in [2.75, 3.05) is 13.1 Å². The minimum Gasteiger partial charge on any atom is -0.313 e. The van der Waals surface area contributed by atoms with Gasteiger partial charge in [-0.25, -0.2) is 0 Å². The summed E-state index contributed by atoms with van der Waals surface area (Å²) in [4.78, 5) is 2.89. The summed E-state index contributed by atoms with van der Waals surface area (Å²) in [6.07, 6.45) is 11.5. The molecule has 0 aromatic rings. The third kappa shape index (κ3) is 4.45. The highest BCUT2D eigenvalue weighted by atomic mass is 15.2. The molecular formula is C19H38N2. The first-order valence-corrected chi connectivity index (χ1v) is 9.66. The molecule has 0 bridgehead atoms. The molecule has 2 saturated carbocycles. The number of nitrogens with zero attached hydrogens (tertiary/aromatic N) is 1. The van der Waals surface area contributed by atoms with Crippen LogP contribution in [-0.2, 0) is 0 Å². The van der Waals surface area contributed by atoms with E-state index in [0.717, 1.165) is 36.5 Å². The predicted molar refractivity (Wildman–Crippen MR) is 92.7 cm³/mol. The van der Waals surface area contributed by atoms with E-state index in [1.807, 2.05) is 0 Å². The summed E-state index contributed by atoms with van der Waals surface area (Å²) < 4.78 is 0. The lowest BCUT2D eigenvalue weighted by Crippen LogP contribution is -2.56. The first-order valence-electron chi connectivity index (χ1n) is 9.66. The molecule has 124 valence electrons. The molecule has 0 aromatic heterocycles. The van der Waals surface area contributed by atoms with E-state index in [2.05, 4.69) is 37.9 Å². The number of likely N-dealkylation sites (N-methyl/N-ethyl adjacent to an activating group) is 2. The third-order valence-corrected chi connectivity index (χ3v) is 6.10. The Hall–Kier alpha value is -0.0800. The summed E-state index contributed by atoms with van der Waals surface area (Å²) in [7, 11) is 0. The van der Waals surface area contributed by atoms with Gasteiger partial charge in [-0.2, -0.15) is 0 Å². The quantitative estimate of drug-likeness (QED) is 0.779. The molecule has 0 aromatic carbocycles. The lowest BCUT2D eigenvalue weighted by Gasteiger charge is -2.47. The van der Waals surface area contributed by atoms with Crippen molar-refractivity contribution in [1.29, 1.82) is 0 Å². The standard InChI is InChI=1S/C19H38N2/c1-5-20-18-13-12-16(15(3)4)14-19(18)21(6-2)17-10-8-7-9-11-17/h15-20H,5-14H2,1-4H3. The molecule has 0 spiro atoms. The second-order valence-electron chi connectivity index (χ2n) is 7.67. The van der Waals surface area contributed by atoms with Crippen LogP contribution in [0, 0.1) is 11.8 Å². The fraction of sp³-hybridized carbons (Fsp3) is 1.00. The maximum Gasteiger partial charge on any atom is 0.0254 e. The second kappa shape index (κ2) is 8.53. The summed E-state index contributed by atoms with van der Waals surface area (Å²) in [5.74, 6) is 1.78. The zero-order valence-electron chi connectivity index (χ0n) is 14.9. The van der Waals surface area contributed by atoms with Crippen molar-refractivity contribution in [3.05, 3.63) is 0 Å². The summed E-state index contributed by atoms with van der Waals surface area (Å²) in [6, 6.07) is 2.37. The van der Waals surface area contributed by atoms with Crippen LogP contribution in [0.25, 0.3) is 0 Å². The lowest BCUT2D eigenvalue weighted by atomic mass is 9.75. The zero-order valence-corrected chi connectivity index (χ0v) is 14.9. The fourth-order valence-electron chi connectivity index (χ4n) is 4.83. The molecule has 2 nitrogen and oxygen atoms in total. The molecule has 0 aliphatic heterocycles. The van der Waals surface area contributed by atoms with Crippen LogP contribution in [0.3, 0.4) is 0 Å². The van der Waals surface area contributed by atoms with E-state index < -0.39 is 0 Å². The van der Waals surface area contributed by atoms with E-state index >= 15 is 0 Å². The van der Waals surface area contributed by atoms with Gasteiger partial charge in [0, 0.05) is 18.1 Å². The van der Waals surface area contributed by atoms with Crippen molar-refractivity contribution in [3.8, 4) is 0 Å². The molecule has 0 radical (unpaired) electrons. The molecule has 2 aliphatic carbocycles. The molecule has 21 heavy (non-hydrogen) atoms. The van der Waals surface area contributed by atoms with Gasteiger partial charge in [-0.05, 0) is 57.0 Å². The van der Waals surface area contributed by atoms with E-state index in [1.54, 1.807) is 0 Å². The first kappa shape index (κ1) is 17.3. The van der Waals surface area contributed by atoms with Crippen molar-refractivity contribution >= 4 is 0 Å². The number of hydrogen-bond acceptors (Lipinski definition) is 2. The smallest absolute Gasteiger partial charge is 0.0254 e. The van der Waals surface area contributed by atoms with Gasteiger partial charge in [-0.15, -0.1) is 0 Å². The molecule has 0 saturated heterocycles. The third-order valence-electron chi connectivity index (χ3n) is 6.10. The lowest BCUT2D eigenvalue weighted by molar-refractivity contribution is 0.0407. The van der Waals surface area contributed by atoms with Gasteiger partial charge in [0.15, 0.2) is 0 Å². The highest BCUT2D eigenvalue weighted by Crippen LogP contribution is 2.35. The van der Waals surface area contributed by atoms with Gasteiger partial charge in [-0.3, -0.25) is 4.90 Å². The zero-order chi connectivity index (χ0) is 15.2. The van der Waals surface area contributed by atoms with E-state index in [0.29, 0.717) is 0 Å². The van der Waals surface area contributed by atoms with Gasteiger partial charge < -0.3 is 5.32 Å². The minimum atomic E-state index is 0.729. The Morgan fingerprint density at radius 1 is 1.00 bits per heavy atom. The van der Waals surface area contributed by atoms with E-state index in [1.165, 1.54) is 57.9 Å². The van der Waals surface area contributed by atoms with Crippen molar-refractivity contribution in [2.24, 2.45) is 11.8 Å². The predicted octanol–water partition coefficient (Wildman–Crippen LogP) is 4.44. The highest BCUT2D eigenvalue weighted by molar-refractivity contribution is 4.94. The Labute approximate surface area is 133 Å². The molecule has 0 amide bonds. The second-order valence-corrected chi connectivity index (χ2v) is 7.67. The fourth-order valence-corrected chi connectivity index (χ4v) is 4.83. The summed E-state index contributed by atoms with van der Waals surface area (Å²) in [5.41, 5.74) is 0. The van der Waals surface area contributed by atoms with Crippen molar-refractivity contribution in [1.82, 2.24) is 10.2 Å². The molecule has 1 N–H and O–H groups in total. The number of rotatable bonds is 6. The normalized spacial score (nSPS) is 32.0. The van der Waals surface area contributed by atoms with Gasteiger partial charge in [-0.1, -0.05) is 47.0 Å². The van der Waals surface area contributed by atoms with E-state index in [-0.39, 0.29) is 0 Å². The summed E-state index contributed by atoms with van der Waals surface area (Å²) in [6.45, 7) is 11.9. The molecule has 3 atom stereocenters. The average Bonchev–Trinajstić information content (AvgIpc) is 2.50. The topological polar surface area (TPSA) is 15.3 Å². The Kier molecular flexibility index (Phi) is 7.01. The Morgan fingerprint density at radius 3 is 2.29 bits per heavy atom. The van der Waals surface area contributed by atoms with Crippen LogP contribution in [-0.4, -0.2) is 36.1 Å². The van der Waals surface area contributed by atoms with Crippen LogP contribution in [0.15, 0.2) is 0 Å². The van der Waals surface area contributed by atoms with Crippen LogP contribution in [0.2, 0.25) is 0 Å². The minimum absolute atomic E-state index is 0.729. The maximum atomic E-state index is 3.81. The summed E-state index contributed by atoms with van der Waals surface area (Å²) in [5, 5.41) is 3.81. The van der Waals surface area contributed by atoms with Gasteiger partial charge >= 0.3 is 0 Å². The average molecular weight is 295 g/mol. The first-order chi connectivity index (χ1) is 10.2. The molecule has 3 unspecified atom stereocenters. The van der Waals surface area contributed by atoms with Crippen LogP contribution in [0.1, 0.15) is 79.1 Å². The monoisotopic (exact) mass is 294 g/mol. The van der Waals surface area contributed by atoms with Crippen LogP contribution >= 0.6 is 0 Å². The molecule has 2 aliphatic rings. The number of nitrogens with one attached hydrogen (secondary N) is 1. The van der Waals surface area contributed by atoms with Gasteiger partial charge in [0.25, 0.3) is 0 Å². The van der Waals surface area contributed by atoms with Crippen LogP contribution in [0.5, 0.6) is 0 Å². The molecule has 0 heterocycles. The Bertz CT molecular complexity index is 283. The Balaban J connectivity index is 2.07. The SMILES string of the molecule is CCNC1CCC(C(C)C)CC1N(CC)C1CCCCC1. The number of hydrogen-bond donors (Lipinski definition) is 1. The van der Waals surface area contributed by atoms with Crippen LogP contribution < -0.4 is 5.32 Å². The Morgan fingerprint density at radius 2 is 1.71 bits per heavy atom. The van der Waals surface area contributed by atoms with E-state index in [9.17, 15) is 0 Å². The molecule has 2 rings (SSSR count). The van der Waals surface area contributed by atoms with Gasteiger partial charge in [0.05, 0.1) is 0 Å². The van der Waals surface area contributed by atoms with Gasteiger partial charge in [0.1, 0.15) is 0 Å². The van der Waals surface area contributed by atoms with Crippen LogP contribution in [0.4, 0.5) is 0 Å². The molecule has 2 heteroatoms. The van der Waals surface area contributed by atoms with Crippen molar-refractivity contribution in [2.45, 2.75) is 97.2 Å². The van der Waals surface area contributed by atoms with Gasteiger partial charge in [0.2, 0.25) is 0 Å². The highest BCUT2D eigenvalue weighted by Gasteiger charge is 2.37.